The van der Waals surface area contributed by atoms with Crippen molar-refractivity contribution in [3.05, 3.63) is 65.9 Å². The highest BCUT2D eigenvalue weighted by Gasteiger charge is 2.12. The lowest BCUT2D eigenvalue weighted by Gasteiger charge is -2.11. The Balaban J connectivity index is 1.60. The molecule has 5 heteroatoms. The fraction of sp³-hybridized carbons (Fsp3) is 0.250. The van der Waals surface area contributed by atoms with E-state index in [1.807, 2.05) is 55.5 Å². The topological polar surface area (TPSA) is 74.3 Å². The van der Waals surface area contributed by atoms with Gasteiger partial charge in [-0.2, -0.15) is 0 Å². The molecule has 5 nitrogen and oxygen atoms in total. The molecule has 1 heterocycles. The molecule has 0 aliphatic carbocycles. The van der Waals surface area contributed by atoms with Crippen LogP contribution in [0.3, 0.4) is 0 Å². The van der Waals surface area contributed by atoms with Crippen LogP contribution in [0.4, 0.5) is 0 Å². The lowest BCUT2D eigenvalue weighted by Crippen LogP contribution is -2.33. The highest BCUT2D eigenvalue weighted by atomic mass is 16.5. The van der Waals surface area contributed by atoms with Gasteiger partial charge in [0.2, 0.25) is 0 Å². The average Bonchev–Trinajstić information content (AvgIpc) is 3.04. The number of benzene rings is 2. The van der Waals surface area contributed by atoms with Crippen LogP contribution in [0.15, 0.2) is 54.6 Å². The van der Waals surface area contributed by atoms with Gasteiger partial charge in [0, 0.05) is 29.9 Å². The summed E-state index contributed by atoms with van der Waals surface area (Å²) in [5, 5.41) is 13.8. The molecule has 25 heavy (non-hydrogen) atoms. The summed E-state index contributed by atoms with van der Waals surface area (Å²) in [4.78, 5) is 15.4. The van der Waals surface area contributed by atoms with E-state index >= 15 is 0 Å². The van der Waals surface area contributed by atoms with Crippen LogP contribution in [0.5, 0.6) is 5.75 Å². The molecule has 0 saturated carbocycles. The van der Waals surface area contributed by atoms with Gasteiger partial charge >= 0.3 is 0 Å². The van der Waals surface area contributed by atoms with Crippen LogP contribution in [0.1, 0.15) is 23.0 Å². The van der Waals surface area contributed by atoms with Crippen molar-refractivity contribution in [3.63, 3.8) is 0 Å². The molecule has 1 aromatic heterocycles. The number of aliphatic hydroxyl groups excluding tert-OH is 1. The largest absolute Gasteiger partial charge is 0.494 e. The average molecular weight is 338 g/mol. The van der Waals surface area contributed by atoms with Gasteiger partial charge in [-0.25, -0.2) is 0 Å². The first-order valence-electron chi connectivity index (χ1n) is 8.41. The molecular formula is C20H22N2O3. The van der Waals surface area contributed by atoms with Gasteiger partial charge in [0.05, 0.1) is 12.7 Å². The van der Waals surface area contributed by atoms with Gasteiger partial charge in [0.1, 0.15) is 11.4 Å². The van der Waals surface area contributed by atoms with Crippen molar-refractivity contribution in [1.29, 1.82) is 0 Å². The molecule has 1 amide bonds. The summed E-state index contributed by atoms with van der Waals surface area (Å²) in [6.07, 6.45) is -0.119. The second-order valence-electron chi connectivity index (χ2n) is 5.92. The predicted octanol–water partition coefficient (Wildman–Crippen LogP) is 2.90. The number of carbonyl (C=O) groups is 1. The maximum Gasteiger partial charge on any atom is 0.267 e. The number of aromatic nitrogens is 1. The molecule has 0 bridgehead atoms. The first-order valence-corrected chi connectivity index (χ1v) is 8.41. The van der Waals surface area contributed by atoms with Crippen molar-refractivity contribution < 1.29 is 14.6 Å². The summed E-state index contributed by atoms with van der Waals surface area (Å²) in [6.45, 7) is 2.73. The summed E-state index contributed by atoms with van der Waals surface area (Å²) >= 11 is 0. The zero-order valence-electron chi connectivity index (χ0n) is 14.2. The van der Waals surface area contributed by atoms with Gasteiger partial charge < -0.3 is 20.1 Å². The van der Waals surface area contributed by atoms with Crippen molar-refractivity contribution in [2.24, 2.45) is 0 Å². The zero-order valence-corrected chi connectivity index (χ0v) is 14.2. The zero-order chi connectivity index (χ0) is 17.6. The molecule has 0 fully saturated rings. The highest BCUT2D eigenvalue weighted by molar-refractivity contribution is 5.98. The summed E-state index contributed by atoms with van der Waals surface area (Å²) in [7, 11) is 0. The molecule has 1 atom stereocenters. The van der Waals surface area contributed by atoms with Gasteiger partial charge in [-0.05, 0) is 30.7 Å². The summed E-state index contributed by atoms with van der Waals surface area (Å²) < 4.78 is 5.47. The minimum Gasteiger partial charge on any atom is -0.494 e. The van der Waals surface area contributed by atoms with Gasteiger partial charge in [-0.15, -0.1) is 0 Å². The van der Waals surface area contributed by atoms with Crippen LogP contribution in [-0.4, -0.2) is 35.3 Å². The number of ether oxygens (including phenoxy) is 1. The first-order chi connectivity index (χ1) is 12.2. The number of carbonyl (C=O) groups excluding carboxylic acids is 1. The van der Waals surface area contributed by atoms with Gasteiger partial charge in [-0.1, -0.05) is 30.3 Å². The lowest BCUT2D eigenvalue weighted by atomic mass is 10.1. The van der Waals surface area contributed by atoms with Gasteiger partial charge in [0.15, 0.2) is 0 Å². The van der Waals surface area contributed by atoms with E-state index in [-0.39, 0.29) is 12.5 Å². The standard InChI is InChI=1S/C20H22N2O3/c1-2-25-17-9-8-15-11-19(22-18(15)12-17)20(24)21-13-16(23)10-14-6-4-3-5-7-14/h3-9,11-12,16,22-23H,2,10,13H2,1H3,(H,21,24). The van der Waals surface area contributed by atoms with Crippen LogP contribution >= 0.6 is 0 Å². The van der Waals surface area contributed by atoms with Crippen molar-refractivity contribution >= 4 is 16.8 Å². The van der Waals surface area contributed by atoms with Crippen molar-refractivity contribution in [2.45, 2.75) is 19.4 Å². The molecule has 0 radical (unpaired) electrons. The number of H-pyrrole nitrogens is 1. The third-order valence-corrected chi connectivity index (χ3v) is 3.96. The number of rotatable bonds is 7. The number of hydrogen-bond acceptors (Lipinski definition) is 3. The van der Waals surface area contributed by atoms with Crippen molar-refractivity contribution in [2.75, 3.05) is 13.2 Å². The Labute approximate surface area is 146 Å². The Kier molecular flexibility index (Phi) is 5.36. The summed E-state index contributed by atoms with van der Waals surface area (Å²) in [6, 6.07) is 17.2. The SMILES string of the molecule is CCOc1ccc2cc(C(=O)NCC(O)Cc3ccccc3)[nH]c2c1. The van der Waals surface area contributed by atoms with E-state index in [0.29, 0.717) is 18.7 Å². The second kappa shape index (κ2) is 7.85. The minimum atomic E-state index is -0.625. The van der Waals surface area contributed by atoms with E-state index in [1.54, 1.807) is 6.07 Å². The Morgan fingerprint density at radius 3 is 2.76 bits per heavy atom. The quantitative estimate of drug-likeness (QED) is 0.620. The molecule has 0 aliphatic rings. The normalized spacial score (nSPS) is 12.1. The third-order valence-electron chi connectivity index (χ3n) is 3.96. The van der Waals surface area contributed by atoms with Crippen LogP contribution in [0, 0.1) is 0 Å². The number of aromatic amines is 1. The third kappa shape index (κ3) is 4.39. The fourth-order valence-electron chi connectivity index (χ4n) is 2.75. The van der Waals surface area contributed by atoms with Crippen molar-refractivity contribution in [1.82, 2.24) is 10.3 Å². The number of amides is 1. The maximum atomic E-state index is 12.3. The molecule has 3 aromatic rings. The molecule has 0 aliphatic heterocycles. The van der Waals surface area contributed by atoms with Crippen LogP contribution in [0.2, 0.25) is 0 Å². The predicted molar refractivity (Wildman–Crippen MR) is 98.0 cm³/mol. The van der Waals surface area contributed by atoms with E-state index < -0.39 is 6.10 Å². The van der Waals surface area contributed by atoms with E-state index in [1.165, 1.54) is 0 Å². The molecular weight excluding hydrogens is 316 g/mol. The number of hydrogen-bond donors (Lipinski definition) is 3. The summed E-state index contributed by atoms with van der Waals surface area (Å²) in [5.74, 6) is 0.531. The minimum absolute atomic E-state index is 0.202. The Bertz CT molecular complexity index is 843. The monoisotopic (exact) mass is 338 g/mol. The Morgan fingerprint density at radius 2 is 2.00 bits per heavy atom. The molecule has 1 unspecified atom stereocenters. The smallest absolute Gasteiger partial charge is 0.267 e. The molecule has 3 N–H and O–H groups in total. The highest BCUT2D eigenvalue weighted by Crippen LogP contribution is 2.21. The van der Waals surface area contributed by atoms with Crippen LogP contribution < -0.4 is 10.1 Å². The van der Waals surface area contributed by atoms with E-state index in [9.17, 15) is 9.90 Å². The maximum absolute atomic E-state index is 12.3. The van der Waals surface area contributed by atoms with Gasteiger partial charge in [-0.3, -0.25) is 4.79 Å². The lowest BCUT2D eigenvalue weighted by molar-refractivity contribution is 0.0912. The fourth-order valence-corrected chi connectivity index (χ4v) is 2.75. The number of aliphatic hydroxyl groups is 1. The molecule has 0 spiro atoms. The van der Waals surface area contributed by atoms with Crippen molar-refractivity contribution in [3.8, 4) is 5.75 Å². The van der Waals surface area contributed by atoms with Gasteiger partial charge in [0.25, 0.3) is 5.91 Å². The van der Waals surface area contributed by atoms with E-state index in [2.05, 4.69) is 10.3 Å². The van der Waals surface area contributed by atoms with Crippen LogP contribution in [0.25, 0.3) is 10.9 Å². The Hall–Kier alpha value is -2.79. The number of nitrogens with one attached hydrogen (secondary N) is 2. The number of fused-ring (bicyclic) bond motifs is 1. The molecule has 2 aromatic carbocycles. The summed E-state index contributed by atoms with van der Waals surface area (Å²) in [5.41, 5.74) is 2.36. The van der Waals surface area contributed by atoms with E-state index in [4.69, 9.17) is 4.74 Å². The molecule has 130 valence electrons. The first kappa shape index (κ1) is 17.0. The Morgan fingerprint density at radius 1 is 1.20 bits per heavy atom. The van der Waals surface area contributed by atoms with Crippen LogP contribution in [-0.2, 0) is 6.42 Å². The molecule has 3 rings (SSSR count). The molecule has 0 saturated heterocycles. The second-order valence-corrected chi connectivity index (χ2v) is 5.92. The van der Waals surface area contributed by atoms with E-state index in [0.717, 1.165) is 22.2 Å².